The highest BCUT2D eigenvalue weighted by Gasteiger charge is 2.07. The number of hydrogen-bond acceptors (Lipinski definition) is 2. The Kier molecular flexibility index (Phi) is 4.88. The summed E-state index contributed by atoms with van der Waals surface area (Å²) < 4.78 is 0. The quantitative estimate of drug-likeness (QED) is 0.844. The fourth-order valence-electron chi connectivity index (χ4n) is 2.14. The molecule has 3 heteroatoms. The van der Waals surface area contributed by atoms with Gasteiger partial charge in [0.05, 0.1) is 5.69 Å². The first kappa shape index (κ1) is 15.0. The van der Waals surface area contributed by atoms with E-state index in [0.29, 0.717) is 6.42 Å². The Bertz CT molecular complexity index is 628. The fraction of sp³-hybridized carbons (Fsp3) is 0.222. The largest absolute Gasteiger partial charge is 0.478 e. The van der Waals surface area contributed by atoms with Crippen LogP contribution in [0.3, 0.4) is 0 Å². The normalized spacial score (nSPS) is 11.7. The molecule has 0 amide bonds. The van der Waals surface area contributed by atoms with Crippen molar-refractivity contribution < 1.29 is 9.90 Å². The van der Waals surface area contributed by atoms with E-state index in [9.17, 15) is 4.79 Å². The summed E-state index contributed by atoms with van der Waals surface area (Å²) in [6, 6.07) is 13.9. The van der Waals surface area contributed by atoms with Gasteiger partial charge in [0, 0.05) is 17.8 Å². The summed E-state index contributed by atoms with van der Waals surface area (Å²) in [6.07, 6.45) is 3.75. The van der Waals surface area contributed by atoms with E-state index < -0.39 is 5.97 Å². The lowest BCUT2D eigenvalue weighted by Gasteiger charge is -2.11. The highest BCUT2D eigenvalue weighted by Crippen LogP contribution is 2.20. The zero-order valence-corrected chi connectivity index (χ0v) is 12.3. The van der Waals surface area contributed by atoms with Crippen LogP contribution in [0.2, 0.25) is 0 Å². The van der Waals surface area contributed by atoms with Crippen molar-refractivity contribution >= 4 is 5.97 Å². The van der Waals surface area contributed by atoms with Crippen LogP contribution in [-0.2, 0) is 11.2 Å². The number of hydrogen-bond donors (Lipinski definition) is 1. The maximum absolute atomic E-state index is 10.9. The maximum Gasteiger partial charge on any atom is 0.328 e. The first-order chi connectivity index (χ1) is 10.1. The molecule has 1 aromatic heterocycles. The van der Waals surface area contributed by atoms with Crippen molar-refractivity contribution in [3.63, 3.8) is 0 Å². The molecule has 0 aliphatic rings. The number of carbonyl (C=O) groups is 1. The van der Waals surface area contributed by atoms with Gasteiger partial charge in [0.15, 0.2) is 0 Å². The monoisotopic (exact) mass is 281 g/mol. The van der Waals surface area contributed by atoms with Crippen LogP contribution in [0.25, 0.3) is 11.3 Å². The number of pyridine rings is 1. The molecule has 2 rings (SSSR count). The number of carboxylic acid groups (broad SMARTS) is 1. The van der Waals surface area contributed by atoms with Gasteiger partial charge in [-0.3, -0.25) is 4.98 Å². The third-order valence-corrected chi connectivity index (χ3v) is 3.37. The second kappa shape index (κ2) is 6.84. The Balaban J connectivity index is 2.17. The van der Waals surface area contributed by atoms with Gasteiger partial charge in [-0.25, -0.2) is 4.79 Å². The van der Waals surface area contributed by atoms with Crippen LogP contribution in [0.4, 0.5) is 0 Å². The van der Waals surface area contributed by atoms with Crippen LogP contribution in [-0.4, -0.2) is 16.1 Å². The zero-order chi connectivity index (χ0) is 15.2. The molecule has 21 heavy (non-hydrogen) atoms. The molecular weight excluding hydrogens is 262 g/mol. The molecule has 0 unspecified atom stereocenters. The van der Waals surface area contributed by atoms with Crippen molar-refractivity contribution in [3.8, 4) is 11.3 Å². The molecule has 0 saturated carbocycles. The molecule has 3 nitrogen and oxygen atoms in total. The number of carboxylic acids is 1. The highest BCUT2D eigenvalue weighted by molar-refractivity contribution is 5.80. The number of benzene rings is 1. The van der Waals surface area contributed by atoms with Gasteiger partial charge in [0.2, 0.25) is 0 Å². The second-order valence-electron chi connectivity index (χ2n) is 5.30. The topological polar surface area (TPSA) is 50.2 Å². The first-order valence-electron chi connectivity index (χ1n) is 7.00. The van der Waals surface area contributed by atoms with Gasteiger partial charge in [-0.1, -0.05) is 49.8 Å². The summed E-state index contributed by atoms with van der Waals surface area (Å²) >= 11 is 0. The number of allylic oxidation sites excluding steroid dienone is 1. The molecule has 1 N–H and O–H groups in total. The van der Waals surface area contributed by atoms with Gasteiger partial charge in [-0.2, -0.15) is 0 Å². The van der Waals surface area contributed by atoms with E-state index in [-0.39, 0.29) is 5.92 Å². The summed E-state index contributed by atoms with van der Waals surface area (Å²) in [7, 11) is 0. The van der Waals surface area contributed by atoms with Crippen molar-refractivity contribution in [2.24, 2.45) is 5.92 Å². The standard InChI is InChI=1S/C18H19NO2/c1-13(2)16(12-18(20)21)11-14-6-8-15(9-7-14)17-5-3-4-10-19-17/h3-10,12-13H,11H2,1-2H3,(H,20,21)/b16-12-. The van der Waals surface area contributed by atoms with Crippen LogP contribution in [0, 0.1) is 5.92 Å². The van der Waals surface area contributed by atoms with E-state index in [1.54, 1.807) is 6.20 Å². The summed E-state index contributed by atoms with van der Waals surface area (Å²) in [6.45, 7) is 4.02. The Labute approximate surface area is 125 Å². The minimum Gasteiger partial charge on any atom is -0.478 e. The second-order valence-corrected chi connectivity index (χ2v) is 5.30. The smallest absolute Gasteiger partial charge is 0.328 e. The van der Waals surface area contributed by atoms with Gasteiger partial charge >= 0.3 is 5.97 Å². The van der Waals surface area contributed by atoms with E-state index in [1.165, 1.54) is 6.08 Å². The van der Waals surface area contributed by atoms with E-state index >= 15 is 0 Å². The lowest BCUT2D eigenvalue weighted by molar-refractivity contribution is -0.131. The van der Waals surface area contributed by atoms with Gasteiger partial charge < -0.3 is 5.11 Å². The molecule has 2 aromatic rings. The first-order valence-corrected chi connectivity index (χ1v) is 7.00. The van der Waals surface area contributed by atoms with Gasteiger partial charge in [0.25, 0.3) is 0 Å². The summed E-state index contributed by atoms with van der Waals surface area (Å²) in [5.41, 5.74) is 4.03. The Morgan fingerprint density at radius 2 is 1.90 bits per heavy atom. The Morgan fingerprint density at radius 3 is 2.43 bits per heavy atom. The number of rotatable bonds is 5. The molecule has 0 atom stereocenters. The van der Waals surface area contributed by atoms with E-state index in [1.807, 2.05) is 56.3 Å². The molecule has 0 spiro atoms. The Hall–Kier alpha value is -2.42. The van der Waals surface area contributed by atoms with Gasteiger partial charge in [0.1, 0.15) is 0 Å². The fourth-order valence-corrected chi connectivity index (χ4v) is 2.14. The molecular formula is C18H19NO2. The summed E-state index contributed by atoms with van der Waals surface area (Å²) in [5, 5.41) is 8.92. The lowest BCUT2D eigenvalue weighted by atomic mass is 9.94. The number of nitrogens with zero attached hydrogens (tertiary/aromatic N) is 1. The van der Waals surface area contributed by atoms with Crippen molar-refractivity contribution in [3.05, 3.63) is 65.9 Å². The summed E-state index contributed by atoms with van der Waals surface area (Å²) in [5.74, 6) is -0.666. The molecule has 0 aliphatic heterocycles. The van der Waals surface area contributed by atoms with Crippen LogP contribution in [0.15, 0.2) is 60.3 Å². The number of aromatic nitrogens is 1. The van der Waals surface area contributed by atoms with Crippen LogP contribution < -0.4 is 0 Å². The average molecular weight is 281 g/mol. The third-order valence-electron chi connectivity index (χ3n) is 3.37. The van der Waals surface area contributed by atoms with Crippen molar-refractivity contribution in [2.45, 2.75) is 20.3 Å². The minimum atomic E-state index is -0.885. The van der Waals surface area contributed by atoms with Crippen LogP contribution in [0.1, 0.15) is 19.4 Å². The lowest BCUT2D eigenvalue weighted by Crippen LogP contribution is -2.02. The predicted octanol–water partition coefficient (Wildman–Crippen LogP) is 3.96. The zero-order valence-electron chi connectivity index (χ0n) is 12.3. The molecule has 108 valence electrons. The highest BCUT2D eigenvalue weighted by atomic mass is 16.4. The average Bonchev–Trinajstić information content (AvgIpc) is 2.48. The maximum atomic E-state index is 10.9. The van der Waals surface area contributed by atoms with Gasteiger partial charge in [-0.05, 0) is 30.0 Å². The van der Waals surface area contributed by atoms with Gasteiger partial charge in [-0.15, -0.1) is 0 Å². The van der Waals surface area contributed by atoms with E-state index in [0.717, 1.165) is 22.4 Å². The summed E-state index contributed by atoms with van der Waals surface area (Å²) in [4.78, 5) is 15.2. The molecule has 0 bridgehead atoms. The van der Waals surface area contributed by atoms with Crippen LogP contribution in [0.5, 0.6) is 0 Å². The minimum absolute atomic E-state index is 0.219. The molecule has 1 heterocycles. The van der Waals surface area contributed by atoms with Crippen molar-refractivity contribution in [1.29, 1.82) is 0 Å². The molecule has 0 aliphatic carbocycles. The molecule has 0 saturated heterocycles. The molecule has 1 aromatic carbocycles. The SMILES string of the molecule is CC(C)/C(=C\C(=O)O)Cc1ccc(-c2ccccn2)cc1. The third kappa shape index (κ3) is 4.28. The van der Waals surface area contributed by atoms with E-state index in [2.05, 4.69) is 4.98 Å². The Morgan fingerprint density at radius 1 is 1.19 bits per heavy atom. The number of aliphatic carboxylic acids is 1. The van der Waals surface area contributed by atoms with Crippen molar-refractivity contribution in [2.75, 3.05) is 0 Å². The molecule has 0 radical (unpaired) electrons. The van der Waals surface area contributed by atoms with E-state index in [4.69, 9.17) is 5.11 Å². The predicted molar refractivity (Wildman–Crippen MR) is 83.9 cm³/mol. The van der Waals surface area contributed by atoms with Crippen LogP contribution >= 0.6 is 0 Å². The van der Waals surface area contributed by atoms with Crippen molar-refractivity contribution in [1.82, 2.24) is 4.98 Å². The molecule has 0 fully saturated rings.